The fraction of sp³-hybridized carbons (Fsp3) is 0.667. The molecular weight excluding hydrogens is 216 g/mol. The Morgan fingerprint density at radius 2 is 1.94 bits per heavy atom. The average molecular weight is 244 g/mol. The molecule has 0 unspecified atom stereocenters. The molecule has 0 heterocycles. The van der Waals surface area contributed by atoms with Gasteiger partial charge in [0, 0.05) is 0 Å². The second-order valence-electron chi connectivity index (χ2n) is 6.25. The normalized spacial score (nSPS) is 20.6. The highest BCUT2D eigenvalue weighted by atomic mass is 14.3. The molecule has 1 aliphatic carbocycles. The summed E-state index contributed by atoms with van der Waals surface area (Å²) in [6.45, 7) is 9.28. The molecule has 0 N–H and O–H groups in total. The molecule has 0 nitrogen and oxygen atoms in total. The van der Waals surface area contributed by atoms with Crippen molar-refractivity contribution in [1.29, 1.82) is 0 Å². The van der Waals surface area contributed by atoms with E-state index >= 15 is 0 Å². The van der Waals surface area contributed by atoms with Crippen molar-refractivity contribution in [2.75, 3.05) is 0 Å². The summed E-state index contributed by atoms with van der Waals surface area (Å²) < 4.78 is 0. The van der Waals surface area contributed by atoms with Crippen molar-refractivity contribution in [2.24, 2.45) is 5.92 Å². The van der Waals surface area contributed by atoms with Crippen molar-refractivity contribution in [3.63, 3.8) is 0 Å². The number of rotatable bonds is 4. The maximum atomic E-state index is 2.48. The monoisotopic (exact) mass is 244 g/mol. The summed E-state index contributed by atoms with van der Waals surface area (Å²) in [6, 6.07) is 4.93. The van der Waals surface area contributed by atoms with Crippen LogP contribution in [0, 0.1) is 19.8 Å². The zero-order chi connectivity index (χ0) is 13.1. The van der Waals surface area contributed by atoms with E-state index < -0.39 is 0 Å². The van der Waals surface area contributed by atoms with E-state index in [-0.39, 0.29) is 0 Å². The third-order valence-corrected chi connectivity index (χ3v) is 4.82. The quantitative estimate of drug-likeness (QED) is 0.651. The Kier molecular flexibility index (Phi) is 4.48. The summed E-state index contributed by atoms with van der Waals surface area (Å²) in [6.07, 6.45) is 8.20. The number of benzene rings is 1. The van der Waals surface area contributed by atoms with E-state index in [1.807, 2.05) is 0 Å². The Hall–Kier alpha value is -0.780. The standard InChI is InChI=1S/C18H28/c1-5-6-8-13(2)17-10-7-9-16-11-14(3)15(4)12-18(16)17/h11-13,17H,5-10H2,1-4H3/t13-,17-/m1/s1. The van der Waals surface area contributed by atoms with Gasteiger partial charge in [-0.15, -0.1) is 0 Å². The van der Waals surface area contributed by atoms with Crippen LogP contribution in [0.5, 0.6) is 0 Å². The summed E-state index contributed by atoms with van der Waals surface area (Å²) in [5.41, 5.74) is 6.25. The molecular formula is C18H28. The molecule has 2 rings (SSSR count). The van der Waals surface area contributed by atoms with Crippen molar-refractivity contribution in [1.82, 2.24) is 0 Å². The Morgan fingerprint density at radius 1 is 1.22 bits per heavy atom. The molecule has 100 valence electrons. The van der Waals surface area contributed by atoms with Gasteiger partial charge in [-0.2, -0.15) is 0 Å². The topological polar surface area (TPSA) is 0 Å². The molecule has 1 aromatic carbocycles. The number of hydrogen-bond donors (Lipinski definition) is 0. The minimum absolute atomic E-state index is 0.819. The lowest BCUT2D eigenvalue weighted by atomic mass is 9.74. The molecule has 0 aliphatic heterocycles. The summed E-state index contributed by atoms with van der Waals surface area (Å²) in [5, 5.41) is 0. The smallest absolute Gasteiger partial charge is 0.0133 e. The molecule has 0 heteroatoms. The highest BCUT2D eigenvalue weighted by molar-refractivity contribution is 5.40. The van der Waals surface area contributed by atoms with Crippen molar-refractivity contribution >= 4 is 0 Å². The summed E-state index contributed by atoms with van der Waals surface area (Å²) in [5.74, 6) is 1.67. The van der Waals surface area contributed by atoms with Crippen LogP contribution >= 0.6 is 0 Å². The lowest BCUT2D eigenvalue weighted by Crippen LogP contribution is -2.17. The first-order valence-electron chi connectivity index (χ1n) is 7.73. The van der Waals surface area contributed by atoms with Gasteiger partial charge in [0.25, 0.3) is 0 Å². The molecule has 0 saturated heterocycles. The van der Waals surface area contributed by atoms with E-state index in [0.29, 0.717) is 0 Å². The van der Waals surface area contributed by atoms with Gasteiger partial charge in [0.2, 0.25) is 0 Å². The Balaban J connectivity index is 2.24. The minimum atomic E-state index is 0.819. The molecule has 0 spiro atoms. The molecule has 0 radical (unpaired) electrons. The van der Waals surface area contributed by atoms with Crippen molar-refractivity contribution in [3.05, 3.63) is 34.4 Å². The SMILES string of the molecule is CCCC[C@@H](C)[C@H]1CCCc2cc(C)c(C)cc21. The van der Waals surface area contributed by atoms with Gasteiger partial charge in [-0.05, 0) is 67.2 Å². The van der Waals surface area contributed by atoms with Gasteiger partial charge >= 0.3 is 0 Å². The van der Waals surface area contributed by atoms with E-state index in [2.05, 4.69) is 39.8 Å². The Labute approximate surface area is 113 Å². The first-order valence-corrected chi connectivity index (χ1v) is 7.73. The zero-order valence-corrected chi connectivity index (χ0v) is 12.6. The Morgan fingerprint density at radius 3 is 2.67 bits per heavy atom. The van der Waals surface area contributed by atoms with Crippen LogP contribution < -0.4 is 0 Å². The zero-order valence-electron chi connectivity index (χ0n) is 12.6. The minimum Gasteiger partial charge on any atom is -0.0654 e. The van der Waals surface area contributed by atoms with E-state index in [1.54, 1.807) is 11.1 Å². The average Bonchev–Trinajstić information content (AvgIpc) is 2.36. The largest absolute Gasteiger partial charge is 0.0654 e. The van der Waals surface area contributed by atoms with Gasteiger partial charge < -0.3 is 0 Å². The molecule has 18 heavy (non-hydrogen) atoms. The molecule has 0 saturated carbocycles. The summed E-state index contributed by atoms with van der Waals surface area (Å²) in [7, 11) is 0. The molecule has 2 atom stereocenters. The first kappa shape index (κ1) is 13.6. The van der Waals surface area contributed by atoms with E-state index in [9.17, 15) is 0 Å². The van der Waals surface area contributed by atoms with E-state index in [4.69, 9.17) is 0 Å². The van der Waals surface area contributed by atoms with Crippen LogP contribution in [0.15, 0.2) is 12.1 Å². The molecule has 0 bridgehead atoms. The van der Waals surface area contributed by atoms with Gasteiger partial charge in [-0.1, -0.05) is 45.2 Å². The second kappa shape index (κ2) is 5.91. The second-order valence-corrected chi connectivity index (χ2v) is 6.25. The molecule has 0 amide bonds. The van der Waals surface area contributed by atoms with E-state index in [0.717, 1.165) is 11.8 Å². The van der Waals surface area contributed by atoms with Gasteiger partial charge in [0.15, 0.2) is 0 Å². The van der Waals surface area contributed by atoms with Gasteiger partial charge in [-0.3, -0.25) is 0 Å². The third-order valence-electron chi connectivity index (χ3n) is 4.82. The van der Waals surface area contributed by atoms with Gasteiger partial charge in [-0.25, -0.2) is 0 Å². The lowest BCUT2D eigenvalue weighted by molar-refractivity contribution is 0.374. The predicted octanol–water partition coefficient (Wildman–Crippen LogP) is 5.55. The number of aryl methyl sites for hydroxylation is 3. The molecule has 0 aromatic heterocycles. The highest BCUT2D eigenvalue weighted by Gasteiger charge is 2.25. The summed E-state index contributed by atoms with van der Waals surface area (Å²) >= 11 is 0. The van der Waals surface area contributed by atoms with Crippen LogP contribution in [0.25, 0.3) is 0 Å². The number of hydrogen-bond acceptors (Lipinski definition) is 0. The van der Waals surface area contributed by atoms with Crippen LogP contribution in [-0.4, -0.2) is 0 Å². The fourth-order valence-corrected chi connectivity index (χ4v) is 3.45. The van der Waals surface area contributed by atoms with E-state index in [1.165, 1.54) is 49.7 Å². The number of unbranched alkanes of at least 4 members (excludes halogenated alkanes) is 1. The first-order chi connectivity index (χ1) is 8.63. The maximum Gasteiger partial charge on any atom is -0.0133 e. The number of fused-ring (bicyclic) bond motifs is 1. The van der Waals surface area contributed by atoms with Crippen LogP contribution in [-0.2, 0) is 6.42 Å². The highest BCUT2D eigenvalue weighted by Crippen LogP contribution is 2.39. The van der Waals surface area contributed by atoms with Gasteiger partial charge in [0.1, 0.15) is 0 Å². The van der Waals surface area contributed by atoms with Crippen LogP contribution in [0.1, 0.15) is 74.1 Å². The predicted molar refractivity (Wildman–Crippen MR) is 80.3 cm³/mol. The van der Waals surface area contributed by atoms with Crippen molar-refractivity contribution in [2.45, 2.75) is 72.1 Å². The van der Waals surface area contributed by atoms with Crippen molar-refractivity contribution in [3.8, 4) is 0 Å². The lowest BCUT2D eigenvalue weighted by Gasteiger charge is -2.31. The summed E-state index contributed by atoms with van der Waals surface area (Å²) in [4.78, 5) is 0. The molecule has 0 fully saturated rings. The third kappa shape index (κ3) is 2.79. The molecule has 1 aromatic rings. The van der Waals surface area contributed by atoms with Crippen LogP contribution in [0.4, 0.5) is 0 Å². The van der Waals surface area contributed by atoms with Crippen LogP contribution in [0.2, 0.25) is 0 Å². The fourth-order valence-electron chi connectivity index (χ4n) is 3.45. The maximum absolute atomic E-state index is 2.48. The molecule has 1 aliphatic rings. The van der Waals surface area contributed by atoms with Crippen molar-refractivity contribution < 1.29 is 0 Å². The van der Waals surface area contributed by atoms with Gasteiger partial charge in [0.05, 0.1) is 0 Å². The Bertz CT molecular complexity index is 403. The van der Waals surface area contributed by atoms with Crippen LogP contribution in [0.3, 0.4) is 0 Å².